The summed E-state index contributed by atoms with van der Waals surface area (Å²) < 4.78 is 0.295. The second-order valence-electron chi connectivity index (χ2n) is 6.35. The molecular formula is C17H24N2S. The number of benzene rings is 1. The average Bonchev–Trinajstić information content (AvgIpc) is 2.84. The van der Waals surface area contributed by atoms with Gasteiger partial charge in [-0.3, -0.25) is 0 Å². The van der Waals surface area contributed by atoms with Crippen molar-refractivity contribution < 1.29 is 0 Å². The minimum absolute atomic E-state index is 0.295. The number of hydrogen-bond donors (Lipinski definition) is 2. The number of para-hydroxylation sites is 1. The van der Waals surface area contributed by atoms with E-state index in [0.29, 0.717) is 10.8 Å². The maximum Gasteiger partial charge on any atom is 0.0476 e. The summed E-state index contributed by atoms with van der Waals surface area (Å²) in [5, 5.41) is 5.19. The monoisotopic (exact) mass is 288 g/mol. The van der Waals surface area contributed by atoms with E-state index in [1.807, 2.05) is 11.8 Å². The maximum atomic E-state index is 3.78. The molecule has 0 spiro atoms. The van der Waals surface area contributed by atoms with Crippen LogP contribution in [0.3, 0.4) is 0 Å². The molecule has 1 aromatic heterocycles. The first-order chi connectivity index (χ1) is 9.61. The first-order valence-corrected chi connectivity index (χ1v) is 8.71. The summed E-state index contributed by atoms with van der Waals surface area (Å²) in [5.74, 6) is 0. The van der Waals surface area contributed by atoms with Gasteiger partial charge in [-0.25, -0.2) is 0 Å². The fourth-order valence-corrected chi connectivity index (χ4v) is 3.29. The van der Waals surface area contributed by atoms with E-state index >= 15 is 0 Å². The smallest absolute Gasteiger partial charge is 0.0476 e. The lowest BCUT2D eigenvalue weighted by molar-refractivity contribution is 0.434. The van der Waals surface area contributed by atoms with E-state index in [2.05, 4.69) is 54.7 Å². The van der Waals surface area contributed by atoms with Gasteiger partial charge in [0.1, 0.15) is 0 Å². The predicted octanol–water partition coefficient (Wildman–Crippen LogP) is 4.28. The molecule has 0 fully saturated rings. The van der Waals surface area contributed by atoms with Gasteiger partial charge >= 0.3 is 0 Å². The van der Waals surface area contributed by atoms with Crippen molar-refractivity contribution in [2.75, 3.05) is 12.8 Å². The summed E-state index contributed by atoms with van der Waals surface area (Å²) in [6, 6.07) is 9.18. The topological polar surface area (TPSA) is 27.8 Å². The summed E-state index contributed by atoms with van der Waals surface area (Å²) in [7, 11) is 0. The highest BCUT2D eigenvalue weighted by Crippen LogP contribution is 2.35. The van der Waals surface area contributed by atoms with Crippen molar-refractivity contribution in [2.24, 2.45) is 0 Å². The highest BCUT2D eigenvalue weighted by atomic mass is 32.2. The average molecular weight is 288 g/mol. The number of aromatic nitrogens is 1. The minimum Gasteiger partial charge on any atom is -0.357 e. The summed E-state index contributed by atoms with van der Waals surface area (Å²) in [6.07, 6.45) is 5.93. The lowest BCUT2D eigenvalue weighted by atomic mass is 9.91. The molecule has 0 saturated heterocycles. The second kappa shape index (κ2) is 5.45. The van der Waals surface area contributed by atoms with Crippen molar-refractivity contribution in [3.05, 3.63) is 35.5 Å². The molecule has 1 aromatic carbocycles. The Labute approximate surface area is 125 Å². The van der Waals surface area contributed by atoms with Gasteiger partial charge in [0.05, 0.1) is 0 Å². The van der Waals surface area contributed by atoms with E-state index in [4.69, 9.17) is 0 Å². The van der Waals surface area contributed by atoms with E-state index in [1.165, 1.54) is 41.4 Å². The fourth-order valence-electron chi connectivity index (χ4n) is 3.06. The predicted molar refractivity (Wildman–Crippen MR) is 89.6 cm³/mol. The molecule has 0 radical (unpaired) electrons. The molecule has 2 N–H and O–H groups in total. The normalized spacial score (nSPS) is 19.2. The number of hydrogen-bond acceptors (Lipinski definition) is 2. The first-order valence-electron chi connectivity index (χ1n) is 7.49. The lowest BCUT2D eigenvalue weighted by Gasteiger charge is -2.29. The molecule has 1 heterocycles. The van der Waals surface area contributed by atoms with Crippen LogP contribution in [0.15, 0.2) is 24.3 Å². The summed E-state index contributed by atoms with van der Waals surface area (Å²) >= 11 is 1.93. The van der Waals surface area contributed by atoms with Crippen molar-refractivity contribution in [3.63, 3.8) is 0 Å². The zero-order valence-corrected chi connectivity index (χ0v) is 13.4. The van der Waals surface area contributed by atoms with Crippen LogP contribution in [0.2, 0.25) is 0 Å². The van der Waals surface area contributed by atoms with Crippen LogP contribution in [0, 0.1) is 0 Å². The zero-order valence-electron chi connectivity index (χ0n) is 12.6. The van der Waals surface area contributed by atoms with E-state index in [-0.39, 0.29) is 0 Å². The van der Waals surface area contributed by atoms with Crippen LogP contribution >= 0.6 is 11.8 Å². The molecule has 3 heteroatoms. The lowest BCUT2D eigenvalue weighted by Crippen LogP contribution is -2.36. The number of aromatic amines is 1. The third-order valence-corrected chi connectivity index (χ3v) is 5.69. The molecule has 0 saturated carbocycles. The van der Waals surface area contributed by atoms with Crippen LogP contribution in [0.1, 0.15) is 44.0 Å². The number of nitrogens with one attached hydrogen (secondary N) is 2. The molecule has 2 nitrogen and oxygen atoms in total. The van der Waals surface area contributed by atoms with Crippen LogP contribution in [-0.4, -0.2) is 22.5 Å². The Morgan fingerprint density at radius 2 is 2.15 bits per heavy atom. The Morgan fingerprint density at radius 3 is 2.95 bits per heavy atom. The quantitative estimate of drug-likeness (QED) is 0.879. The number of H-pyrrole nitrogens is 1. The first kappa shape index (κ1) is 14.0. The largest absolute Gasteiger partial charge is 0.357 e. The van der Waals surface area contributed by atoms with E-state index < -0.39 is 0 Å². The highest BCUT2D eigenvalue weighted by Gasteiger charge is 2.25. The third-order valence-electron chi connectivity index (χ3n) is 4.44. The molecule has 1 unspecified atom stereocenters. The molecule has 3 rings (SSSR count). The summed E-state index contributed by atoms with van der Waals surface area (Å²) in [6.45, 7) is 5.66. The molecule has 20 heavy (non-hydrogen) atoms. The van der Waals surface area contributed by atoms with Crippen molar-refractivity contribution in [3.8, 4) is 0 Å². The van der Waals surface area contributed by atoms with Crippen molar-refractivity contribution in [2.45, 2.75) is 43.9 Å². The van der Waals surface area contributed by atoms with E-state index in [0.717, 1.165) is 6.54 Å². The highest BCUT2D eigenvalue weighted by molar-refractivity contribution is 7.99. The molecule has 2 aromatic rings. The van der Waals surface area contributed by atoms with Gasteiger partial charge in [0, 0.05) is 33.9 Å². The molecule has 108 valence electrons. The Morgan fingerprint density at radius 1 is 1.35 bits per heavy atom. The molecule has 0 bridgehead atoms. The van der Waals surface area contributed by atoms with Gasteiger partial charge in [0.2, 0.25) is 0 Å². The summed E-state index contributed by atoms with van der Waals surface area (Å²) in [4.78, 5) is 3.65. The van der Waals surface area contributed by atoms with Crippen LogP contribution in [0.5, 0.6) is 0 Å². The molecule has 1 aliphatic rings. The van der Waals surface area contributed by atoms with Gasteiger partial charge in [-0.1, -0.05) is 18.2 Å². The van der Waals surface area contributed by atoms with Crippen molar-refractivity contribution >= 4 is 22.7 Å². The molecule has 0 aliphatic heterocycles. The van der Waals surface area contributed by atoms with Gasteiger partial charge < -0.3 is 10.3 Å². The Kier molecular flexibility index (Phi) is 3.83. The minimum atomic E-state index is 0.295. The molecule has 0 amide bonds. The molecular weight excluding hydrogens is 264 g/mol. The second-order valence-corrected chi connectivity index (χ2v) is 7.87. The number of aryl methyl sites for hydroxylation is 1. The van der Waals surface area contributed by atoms with Crippen LogP contribution in [0.25, 0.3) is 10.9 Å². The van der Waals surface area contributed by atoms with E-state index in [9.17, 15) is 0 Å². The van der Waals surface area contributed by atoms with Crippen LogP contribution < -0.4 is 5.32 Å². The number of thioether (sulfide) groups is 1. The number of fused-ring (bicyclic) bond motifs is 3. The Hall–Kier alpha value is -0.930. The summed E-state index contributed by atoms with van der Waals surface area (Å²) in [5.41, 5.74) is 4.25. The Balaban J connectivity index is 1.86. The molecule has 1 atom stereocenters. The maximum absolute atomic E-state index is 3.78. The van der Waals surface area contributed by atoms with Gasteiger partial charge in [-0.05, 0) is 51.0 Å². The SMILES string of the molecule is CSC(C)(C)CNC1CCCc2c1[nH]c1ccccc21. The van der Waals surface area contributed by atoms with Crippen LogP contribution in [0.4, 0.5) is 0 Å². The van der Waals surface area contributed by atoms with Gasteiger partial charge in [0.25, 0.3) is 0 Å². The Bertz CT molecular complexity index is 600. The van der Waals surface area contributed by atoms with Gasteiger partial charge in [-0.15, -0.1) is 0 Å². The number of rotatable bonds is 4. The third kappa shape index (κ3) is 2.61. The van der Waals surface area contributed by atoms with Gasteiger partial charge in [0.15, 0.2) is 0 Å². The van der Waals surface area contributed by atoms with Crippen molar-refractivity contribution in [1.29, 1.82) is 0 Å². The van der Waals surface area contributed by atoms with E-state index in [1.54, 1.807) is 0 Å². The standard InChI is InChI=1S/C17H24N2S/c1-17(2,20-3)11-18-15-10-6-8-13-12-7-4-5-9-14(12)19-16(13)15/h4-5,7,9,15,18-19H,6,8,10-11H2,1-3H3. The fraction of sp³-hybridized carbons (Fsp3) is 0.529. The van der Waals surface area contributed by atoms with Crippen LogP contribution in [-0.2, 0) is 6.42 Å². The molecule has 1 aliphatic carbocycles. The van der Waals surface area contributed by atoms with Gasteiger partial charge in [-0.2, -0.15) is 11.8 Å². The van der Waals surface area contributed by atoms with Crippen molar-refractivity contribution in [1.82, 2.24) is 10.3 Å². The zero-order chi connectivity index (χ0) is 14.2.